The summed E-state index contributed by atoms with van der Waals surface area (Å²) >= 11 is 0. The molecule has 0 saturated heterocycles. The highest BCUT2D eigenvalue weighted by Gasteiger charge is 0.962. The molecule has 0 amide bonds. The topological polar surface area (TPSA) is 17.1 Å². The molecule has 0 fully saturated rings. The zero-order valence-corrected chi connectivity index (χ0v) is 5.12. The third kappa shape index (κ3) is 116. The zero-order chi connectivity index (χ0) is 4.00. The Balaban J connectivity index is 0. The molecule has 26 valence electrons. The largest absolute Gasteiger partial charge is 0.307 e. The molecule has 0 aliphatic rings. The number of hydrogen-bond acceptors (Lipinski definition) is 1. The van der Waals surface area contributed by atoms with Crippen LogP contribution in [0.1, 0.15) is 0 Å². The van der Waals surface area contributed by atoms with Gasteiger partial charge in [-0.25, -0.2) is 0 Å². The van der Waals surface area contributed by atoms with Gasteiger partial charge in [-0.1, -0.05) is 6.55 Å². The Hall–Kier alpha value is -0.113. The monoisotopic (exact) mass is 76.0 g/mol. The molecule has 1 nitrogen and oxygen atoms in total. The highest BCUT2D eigenvalue weighted by atomic mass is 28.1. The molecule has 0 unspecified atom stereocenters. The fraction of sp³-hybridized carbons (Fsp3) is 0.500. The van der Waals surface area contributed by atoms with E-state index in [0.717, 1.165) is 0 Å². The predicted octanol–water partition coefficient (Wildman–Crippen LogP) is -0.785. The van der Waals surface area contributed by atoms with E-state index in [9.17, 15) is 0 Å². The number of carbonyl (C=O) groups excluding carboxylic acids is 1. The summed E-state index contributed by atoms with van der Waals surface area (Å²) in [4.78, 5) is 8.00. The molecule has 0 aromatic rings. The molecule has 0 spiro atoms. The van der Waals surface area contributed by atoms with Crippen molar-refractivity contribution in [3.63, 3.8) is 0 Å². The Bertz CT molecular complexity index is 6.00. The first-order valence-electron chi connectivity index (χ1n) is 1.29. The maximum absolute atomic E-state index is 8.00. The molecule has 2 heteroatoms. The summed E-state index contributed by atoms with van der Waals surface area (Å²) in [6, 6.07) is 0. The minimum atomic E-state index is 1.31. The van der Waals surface area contributed by atoms with Gasteiger partial charge < -0.3 is 4.79 Å². The van der Waals surface area contributed by atoms with Crippen LogP contribution in [0.3, 0.4) is 0 Å². The van der Waals surface area contributed by atoms with Gasteiger partial charge in [-0.2, -0.15) is 0 Å². The molecule has 0 saturated carbocycles. The van der Waals surface area contributed by atoms with Crippen molar-refractivity contribution in [2.45, 2.75) is 6.55 Å². The molecule has 0 radical (unpaired) electrons. The Morgan fingerprint density at radius 2 is 1.50 bits per heavy atom. The van der Waals surface area contributed by atoms with E-state index < -0.39 is 0 Å². The SMILES string of the molecule is C=O.C[SiH3]. The van der Waals surface area contributed by atoms with E-state index in [1.54, 1.807) is 0 Å². The van der Waals surface area contributed by atoms with Crippen LogP contribution < -0.4 is 0 Å². The van der Waals surface area contributed by atoms with Crippen molar-refractivity contribution in [2.75, 3.05) is 0 Å². The van der Waals surface area contributed by atoms with Crippen LogP contribution >= 0.6 is 0 Å². The second-order valence-electron chi connectivity index (χ2n) is 0. The first kappa shape index (κ1) is 9.10. The smallest absolute Gasteiger partial charge is 0.106 e. The molecule has 0 aromatic carbocycles. The Labute approximate surface area is 29.4 Å². The fourth-order valence-corrected chi connectivity index (χ4v) is 0. The van der Waals surface area contributed by atoms with Gasteiger partial charge in [0.25, 0.3) is 0 Å². The van der Waals surface area contributed by atoms with E-state index in [1.807, 2.05) is 6.79 Å². The van der Waals surface area contributed by atoms with Gasteiger partial charge in [0.1, 0.15) is 6.79 Å². The van der Waals surface area contributed by atoms with Crippen molar-refractivity contribution in [1.82, 2.24) is 0 Å². The summed E-state index contributed by atoms with van der Waals surface area (Å²) in [5, 5.41) is 0. The molecule has 0 aliphatic carbocycles. The van der Waals surface area contributed by atoms with E-state index in [-0.39, 0.29) is 0 Å². The standard InChI is InChI=1S/CH2O.CH6Si/c2*1-2/h1H2;1-2H3. The average Bonchev–Trinajstić information content (AvgIpc) is 1.50. The minimum Gasteiger partial charge on any atom is -0.307 e. The lowest BCUT2D eigenvalue weighted by Gasteiger charge is -1.04. The van der Waals surface area contributed by atoms with Crippen LogP contribution in [0.4, 0.5) is 0 Å². The fourth-order valence-electron chi connectivity index (χ4n) is 0. The minimum absolute atomic E-state index is 1.31. The van der Waals surface area contributed by atoms with Crippen LogP contribution in [0.2, 0.25) is 6.55 Å². The Morgan fingerprint density at radius 1 is 1.50 bits per heavy atom. The second kappa shape index (κ2) is 803. The van der Waals surface area contributed by atoms with Crippen molar-refractivity contribution < 1.29 is 4.79 Å². The Kier molecular flexibility index (Phi) is 1830. The van der Waals surface area contributed by atoms with Gasteiger partial charge in [0.2, 0.25) is 0 Å². The normalized spacial score (nSPS) is 3.25. The number of hydrogen-bond donors (Lipinski definition) is 0. The summed E-state index contributed by atoms with van der Waals surface area (Å²) < 4.78 is 0. The van der Waals surface area contributed by atoms with Crippen molar-refractivity contribution in [1.29, 1.82) is 0 Å². The van der Waals surface area contributed by atoms with Gasteiger partial charge in [0.05, 0.1) is 0 Å². The molecule has 0 N–H and O–H groups in total. The quantitative estimate of drug-likeness (QED) is 0.346. The van der Waals surface area contributed by atoms with E-state index in [0.29, 0.717) is 0 Å². The average molecular weight is 76.2 g/mol. The van der Waals surface area contributed by atoms with Crippen LogP contribution in [0.25, 0.3) is 0 Å². The summed E-state index contributed by atoms with van der Waals surface area (Å²) in [7, 11) is 1.31. The first-order valence-corrected chi connectivity index (χ1v) is 3.29. The maximum Gasteiger partial charge on any atom is 0.106 e. The summed E-state index contributed by atoms with van der Waals surface area (Å²) in [6.07, 6.45) is 0. The molecule has 0 bridgehead atoms. The van der Waals surface area contributed by atoms with Gasteiger partial charge >= 0.3 is 0 Å². The van der Waals surface area contributed by atoms with E-state index in [2.05, 4.69) is 6.55 Å². The van der Waals surface area contributed by atoms with Crippen molar-refractivity contribution in [2.24, 2.45) is 0 Å². The third-order valence-electron chi connectivity index (χ3n) is 0. The van der Waals surface area contributed by atoms with Crippen LogP contribution in [0.15, 0.2) is 0 Å². The number of carbonyl (C=O) groups is 1. The first-order chi connectivity index (χ1) is 2.00. The van der Waals surface area contributed by atoms with Gasteiger partial charge in [0, 0.05) is 0 Å². The van der Waals surface area contributed by atoms with Gasteiger partial charge in [-0.3, -0.25) is 0 Å². The van der Waals surface area contributed by atoms with E-state index in [1.165, 1.54) is 10.2 Å². The van der Waals surface area contributed by atoms with Crippen molar-refractivity contribution in [3.05, 3.63) is 0 Å². The van der Waals surface area contributed by atoms with Crippen LogP contribution in [-0.2, 0) is 4.79 Å². The molecule has 0 aromatic heterocycles. The molecular weight excluding hydrogens is 68.1 g/mol. The van der Waals surface area contributed by atoms with E-state index in [4.69, 9.17) is 4.79 Å². The lowest BCUT2D eigenvalue weighted by Crippen LogP contribution is -1.13. The Morgan fingerprint density at radius 3 is 1.50 bits per heavy atom. The van der Waals surface area contributed by atoms with Crippen LogP contribution in [0.5, 0.6) is 0 Å². The molecule has 0 heterocycles. The summed E-state index contributed by atoms with van der Waals surface area (Å²) in [5.74, 6) is 0. The lowest BCUT2D eigenvalue weighted by molar-refractivity contribution is -0.0979. The van der Waals surface area contributed by atoms with Gasteiger partial charge in [0.15, 0.2) is 0 Å². The number of rotatable bonds is 0. The third-order valence-corrected chi connectivity index (χ3v) is 0. The highest BCUT2D eigenvalue weighted by molar-refractivity contribution is 6.05. The zero-order valence-electron chi connectivity index (χ0n) is 3.12. The molecule has 0 atom stereocenters. The summed E-state index contributed by atoms with van der Waals surface area (Å²) in [6.45, 7) is 4.14. The highest BCUT2D eigenvalue weighted by Crippen LogP contribution is 0.960. The molecule has 0 aliphatic heterocycles. The van der Waals surface area contributed by atoms with Gasteiger partial charge in [-0.05, 0) is 10.2 Å². The predicted molar refractivity (Wildman–Crippen MR) is 22.9 cm³/mol. The van der Waals surface area contributed by atoms with Crippen LogP contribution in [0, 0.1) is 0 Å². The summed E-state index contributed by atoms with van der Waals surface area (Å²) in [5.41, 5.74) is 0. The molecular formula is C2H8OSi. The molecule has 4 heavy (non-hydrogen) atoms. The van der Waals surface area contributed by atoms with Gasteiger partial charge in [-0.15, -0.1) is 0 Å². The van der Waals surface area contributed by atoms with Crippen LogP contribution in [-0.4, -0.2) is 17.0 Å². The second-order valence-corrected chi connectivity index (χ2v) is 0. The maximum atomic E-state index is 8.00. The molecule has 0 rings (SSSR count). The van der Waals surface area contributed by atoms with E-state index >= 15 is 0 Å². The lowest BCUT2D eigenvalue weighted by atomic mass is 11.9. The van der Waals surface area contributed by atoms with Crippen molar-refractivity contribution in [3.8, 4) is 0 Å². The van der Waals surface area contributed by atoms with Crippen molar-refractivity contribution >= 4 is 17.0 Å².